The first-order valence-electron chi connectivity index (χ1n) is 4.93. The van der Waals surface area contributed by atoms with Crippen LogP contribution in [0.5, 0.6) is 0 Å². The molecule has 17 heteroatoms. The summed E-state index contributed by atoms with van der Waals surface area (Å²) in [5, 5.41) is 0. The third-order valence-electron chi connectivity index (χ3n) is 2.21. The third kappa shape index (κ3) is 3.74. The van der Waals surface area contributed by atoms with Crippen molar-refractivity contribution < 1.29 is 75.0 Å². The van der Waals surface area contributed by atoms with E-state index in [-0.39, 0.29) is 0 Å². The standard InChI is InChI=1S/C8F16O/c9-1(2(10)11)3(12,13)25-6(18,4(14,15)7(19,20)21)5(16,17)8(22,23)24. The molecular weight excluding hydrogens is 416 g/mol. The van der Waals surface area contributed by atoms with Crippen LogP contribution in [-0.2, 0) is 4.74 Å². The van der Waals surface area contributed by atoms with Crippen LogP contribution in [0.4, 0.5) is 70.2 Å². The maximum Gasteiger partial charge on any atom is 0.459 e. The first-order chi connectivity index (χ1) is 10.6. The van der Waals surface area contributed by atoms with Gasteiger partial charge in [-0.15, -0.1) is 0 Å². The van der Waals surface area contributed by atoms with E-state index >= 15 is 0 Å². The van der Waals surface area contributed by atoms with Gasteiger partial charge in [0, 0.05) is 0 Å². The summed E-state index contributed by atoms with van der Waals surface area (Å²) in [7, 11) is 0. The minimum absolute atomic E-state index is 1.38. The summed E-state index contributed by atoms with van der Waals surface area (Å²) in [6, 6.07) is 0. The Hall–Kier alpha value is -1.42. The number of hydrogen-bond acceptors (Lipinski definition) is 1. The van der Waals surface area contributed by atoms with E-state index in [1.165, 1.54) is 4.74 Å². The van der Waals surface area contributed by atoms with Crippen molar-refractivity contribution in [3.8, 4) is 0 Å². The summed E-state index contributed by atoms with van der Waals surface area (Å²) in [5.74, 6) is -28.7. The van der Waals surface area contributed by atoms with Gasteiger partial charge >= 0.3 is 42.2 Å². The highest BCUT2D eigenvalue weighted by atomic mass is 19.4. The van der Waals surface area contributed by atoms with Crippen LogP contribution in [0.15, 0.2) is 11.9 Å². The average molecular weight is 416 g/mol. The molecule has 1 nitrogen and oxygen atoms in total. The van der Waals surface area contributed by atoms with Gasteiger partial charge in [-0.05, 0) is 0 Å². The molecule has 0 heterocycles. The largest absolute Gasteiger partial charge is 0.459 e. The van der Waals surface area contributed by atoms with Gasteiger partial charge in [0.25, 0.3) is 5.83 Å². The summed E-state index contributed by atoms with van der Waals surface area (Å²) in [5.41, 5.74) is 0. The van der Waals surface area contributed by atoms with E-state index in [0.717, 1.165) is 0 Å². The SMILES string of the molecule is FC(F)=C(F)C(F)(F)OC(F)(C(F)(F)C(F)(F)F)C(F)(F)C(F)(F)F. The van der Waals surface area contributed by atoms with Crippen molar-refractivity contribution in [1.82, 2.24) is 0 Å². The second-order valence-electron chi connectivity index (χ2n) is 3.93. The Bertz CT molecular complexity index is 493. The van der Waals surface area contributed by atoms with E-state index in [4.69, 9.17) is 0 Å². The molecule has 0 N–H and O–H groups in total. The fourth-order valence-corrected chi connectivity index (χ4v) is 1.02. The van der Waals surface area contributed by atoms with Crippen LogP contribution in [0.2, 0.25) is 0 Å². The lowest BCUT2D eigenvalue weighted by molar-refractivity contribution is -0.498. The van der Waals surface area contributed by atoms with E-state index in [9.17, 15) is 70.2 Å². The van der Waals surface area contributed by atoms with E-state index in [1.807, 2.05) is 0 Å². The van der Waals surface area contributed by atoms with E-state index in [2.05, 4.69) is 0 Å². The molecule has 0 rings (SSSR count). The minimum atomic E-state index is -8.06. The molecular formula is C8F16O. The molecule has 0 aliphatic heterocycles. The van der Waals surface area contributed by atoms with Crippen LogP contribution < -0.4 is 0 Å². The molecule has 0 aliphatic carbocycles. The number of alkyl halides is 13. The summed E-state index contributed by atoms with van der Waals surface area (Å²) in [6.07, 6.45) is -26.8. The van der Waals surface area contributed by atoms with Gasteiger partial charge in [-0.1, -0.05) is 0 Å². The Balaban J connectivity index is 6.67. The van der Waals surface area contributed by atoms with Crippen LogP contribution >= 0.6 is 0 Å². The highest BCUT2D eigenvalue weighted by molar-refractivity contribution is 5.08. The fraction of sp³-hybridized carbons (Fsp3) is 0.750. The highest BCUT2D eigenvalue weighted by Gasteiger charge is 2.89. The molecule has 25 heavy (non-hydrogen) atoms. The fourth-order valence-electron chi connectivity index (χ4n) is 1.02. The molecule has 0 radical (unpaired) electrons. The zero-order valence-corrected chi connectivity index (χ0v) is 10.5. The molecule has 0 aromatic rings. The van der Waals surface area contributed by atoms with Crippen molar-refractivity contribution in [3.63, 3.8) is 0 Å². The molecule has 0 saturated heterocycles. The second-order valence-corrected chi connectivity index (χ2v) is 3.93. The van der Waals surface area contributed by atoms with Crippen molar-refractivity contribution in [2.45, 2.75) is 36.2 Å². The molecule has 0 spiro atoms. The van der Waals surface area contributed by atoms with Crippen molar-refractivity contribution in [2.24, 2.45) is 0 Å². The summed E-state index contributed by atoms with van der Waals surface area (Å²) in [4.78, 5) is 0. The maximum absolute atomic E-state index is 13.4. The first-order valence-corrected chi connectivity index (χ1v) is 4.93. The van der Waals surface area contributed by atoms with E-state index in [0.29, 0.717) is 0 Å². The zero-order valence-electron chi connectivity index (χ0n) is 10.5. The predicted octanol–water partition coefficient (Wildman–Crippen LogP) is 5.73. The minimum Gasteiger partial charge on any atom is -0.265 e. The molecule has 0 unspecified atom stereocenters. The third-order valence-corrected chi connectivity index (χ3v) is 2.21. The van der Waals surface area contributed by atoms with Gasteiger partial charge in [0.2, 0.25) is 0 Å². The monoisotopic (exact) mass is 416 g/mol. The van der Waals surface area contributed by atoms with Gasteiger partial charge in [-0.2, -0.15) is 70.2 Å². The molecule has 0 saturated carbocycles. The number of halogens is 16. The molecule has 0 atom stereocenters. The smallest absolute Gasteiger partial charge is 0.265 e. The first kappa shape index (κ1) is 23.6. The second kappa shape index (κ2) is 6.08. The topological polar surface area (TPSA) is 9.23 Å². The summed E-state index contributed by atoms with van der Waals surface area (Å²) < 4.78 is 198. The van der Waals surface area contributed by atoms with Crippen LogP contribution in [0, 0.1) is 0 Å². The van der Waals surface area contributed by atoms with Crippen molar-refractivity contribution in [2.75, 3.05) is 0 Å². The van der Waals surface area contributed by atoms with Crippen LogP contribution in [0.3, 0.4) is 0 Å². The number of rotatable bonds is 5. The molecule has 0 amide bonds. The van der Waals surface area contributed by atoms with Crippen molar-refractivity contribution >= 4 is 0 Å². The summed E-state index contributed by atoms with van der Waals surface area (Å²) in [6.45, 7) is 0. The van der Waals surface area contributed by atoms with Gasteiger partial charge in [0.05, 0.1) is 0 Å². The Kier molecular flexibility index (Phi) is 5.74. The van der Waals surface area contributed by atoms with Crippen LogP contribution in [0.1, 0.15) is 0 Å². The van der Waals surface area contributed by atoms with E-state index < -0.39 is 48.1 Å². The van der Waals surface area contributed by atoms with Gasteiger partial charge in [-0.3, -0.25) is 4.74 Å². The Labute approximate surface area is 124 Å². The van der Waals surface area contributed by atoms with Crippen molar-refractivity contribution in [1.29, 1.82) is 0 Å². The van der Waals surface area contributed by atoms with E-state index in [1.54, 1.807) is 0 Å². The number of ether oxygens (including phenoxy) is 1. The Morgan fingerprint density at radius 3 is 1.00 bits per heavy atom. The van der Waals surface area contributed by atoms with Gasteiger partial charge in [-0.25, -0.2) is 0 Å². The maximum atomic E-state index is 13.4. The van der Waals surface area contributed by atoms with Gasteiger partial charge in [0.1, 0.15) is 0 Å². The summed E-state index contributed by atoms with van der Waals surface area (Å²) >= 11 is 0. The molecule has 150 valence electrons. The van der Waals surface area contributed by atoms with Crippen LogP contribution in [0.25, 0.3) is 0 Å². The normalized spacial score (nSPS) is 15.4. The predicted molar refractivity (Wildman–Crippen MR) is 42.2 cm³/mol. The van der Waals surface area contributed by atoms with Gasteiger partial charge in [0.15, 0.2) is 0 Å². The zero-order chi connectivity index (χ0) is 20.9. The molecule has 0 aromatic heterocycles. The van der Waals surface area contributed by atoms with Gasteiger partial charge < -0.3 is 0 Å². The lowest BCUT2D eigenvalue weighted by Gasteiger charge is -2.40. The quantitative estimate of drug-likeness (QED) is 0.520. The molecule has 0 fully saturated rings. The average Bonchev–Trinajstić information content (AvgIpc) is 2.33. The molecule has 0 aromatic carbocycles. The molecule has 0 aliphatic rings. The van der Waals surface area contributed by atoms with Crippen LogP contribution in [-0.4, -0.2) is 36.2 Å². The Morgan fingerprint density at radius 1 is 0.520 bits per heavy atom. The van der Waals surface area contributed by atoms with Crippen molar-refractivity contribution in [3.05, 3.63) is 11.9 Å². The molecule has 0 bridgehead atoms. The highest BCUT2D eigenvalue weighted by Crippen LogP contribution is 2.59. The Morgan fingerprint density at radius 2 is 0.800 bits per heavy atom. The number of hydrogen-bond donors (Lipinski definition) is 0. The lowest BCUT2D eigenvalue weighted by atomic mass is 10.0. The lowest BCUT2D eigenvalue weighted by Crippen LogP contribution is -2.70.